The van der Waals surface area contributed by atoms with Crippen LogP contribution in [-0.4, -0.2) is 10.1 Å². The molecule has 0 aliphatic carbocycles. The van der Waals surface area contributed by atoms with Gasteiger partial charge in [0.1, 0.15) is 5.01 Å². The molecule has 1 N–H and O–H groups in total. The summed E-state index contributed by atoms with van der Waals surface area (Å²) in [5, 5.41) is 10.3. The Morgan fingerprint density at radius 3 is 2.82 bits per heavy atom. The standard InChI is InChI=1S/C16H8FNO3S/c17-13-11(19)6-5-8-7-9(16(20)21-14(8)13)15-18-10-3-1-2-4-12(10)22-15/h1-7,19H. The molecule has 0 unspecified atom stereocenters. The monoisotopic (exact) mass is 313 g/mol. The van der Waals surface area contributed by atoms with Gasteiger partial charge in [-0.2, -0.15) is 4.39 Å². The van der Waals surface area contributed by atoms with E-state index >= 15 is 0 Å². The minimum Gasteiger partial charge on any atom is -0.505 e. The summed E-state index contributed by atoms with van der Waals surface area (Å²) in [5.41, 5.74) is 0.128. The molecule has 0 aliphatic rings. The highest BCUT2D eigenvalue weighted by molar-refractivity contribution is 7.21. The molecule has 4 nitrogen and oxygen atoms in total. The number of halogens is 1. The van der Waals surface area contributed by atoms with Gasteiger partial charge in [0.15, 0.2) is 11.3 Å². The van der Waals surface area contributed by atoms with Crippen LogP contribution in [0.25, 0.3) is 31.8 Å². The molecular formula is C16H8FNO3S. The first-order valence-corrected chi connectivity index (χ1v) is 7.26. The van der Waals surface area contributed by atoms with Crippen molar-refractivity contribution < 1.29 is 13.9 Å². The van der Waals surface area contributed by atoms with Crippen LogP contribution in [0.3, 0.4) is 0 Å². The van der Waals surface area contributed by atoms with Crippen LogP contribution in [0.2, 0.25) is 0 Å². The third-order valence-corrected chi connectivity index (χ3v) is 4.42. The van der Waals surface area contributed by atoms with Crippen LogP contribution in [0.5, 0.6) is 5.75 Å². The summed E-state index contributed by atoms with van der Waals surface area (Å²) < 4.78 is 19.8. The van der Waals surface area contributed by atoms with Crippen molar-refractivity contribution in [2.24, 2.45) is 0 Å². The molecule has 4 aromatic rings. The van der Waals surface area contributed by atoms with E-state index in [4.69, 9.17) is 4.42 Å². The van der Waals surface area contributed by atoms with Crippen molar-refractivity contribution >= 4 is 32.5 Å². The maximum Gasteiger partial charge on any atom is 0.346 e. The predicted octanol–water partition coefficient (Wildman–Crippen LogP) is 3.91. The van der Waals surface area contributed by atoms with E-state index in [2.05, 4.69) is 4.98 Å². The number of benzene rings is 2. The van der Waals surface area contributed by atoms with E-state index in [1.54, 1.807) is 0 Å². The zero-order chi connectivity index (χ0) is 15.3. The SMILES string of the molecule is O=c1oc2c(F)c(O)ccc2cc1-c1nc2ccccc2s1. The molecule has 0 spiro atoms. The Morgan fingerprint density at radius 2 is 2.00 bits per heavy atom. The van der Waals surface area contributed by atoms with Crippen molar-refractivity contribution in [3.8, 4) is 16.3 Å². The first kappa shape index (κ1) is 13.0. The van der Waals surface area contributed by atoms with Gasteiger partial charge in [-0.1, -0.05) is 12.1 Å². The van der Waals surface area contributed by atoms with Crippen molar-refractivity contribution in [2.75, 3.05) is 0 Å². The van der Waals surface area contributed by atoms with Crippen LogP contribution in [0.15, 0.2) is 51.7 Å². The summed E-state index contributed by atoms with van der Waals surface area (Å²) in [6.07, 6.45) is 0. The first-order valence-electron chi connectivity index (χ1n) is 6.45. The van der Waals surface area contributed by atoms with Crippen molar-refractivity contribution in [3.63, 3.8) is 0 Å². The molecule has 0 fully saturated rings. The number of phenols is 1. The van der Waals surface area contributed by atoms with Crippen LogP contribution in [-0.2, 0) is 0 Å². The van der Waals surface area contributed by atoms with Crippen LogP contribution >= 0.6 is 11.3 Å². The molecule has 4 rings (SSSR count). The van der Waals surface area contributed by atoms with E-state index in [1.165, 1.54) is 29.5 Å². The highest BCUT2D eigenvalue weighted by atomic mass is 32.1. The molecule has 2 aromatic heterocycles. The number of thiazole rings is 1. The van der Waals surface area contributed by atoms with E-state index in [9.17, 15) is 14.3 Å². The maximum atomic E-state index is 13.8. The molecule has 0 atom stereocenters. The van der Waals surface area contributed by atoms with Crippen LogP contribution < -0.4 is 5.63 Å². The second-order valence-corrected chi connectivity index (χ2v) is 5.78. The van der Waals surface area contributed by atoms with Crippen molar-refractivity contribution in [1.29, 1.82) is 0 Å². The lowest BCUT2D eigenvalue weighted by Crippen LogP contribution is -2.03. The lowest BCUT2D eigenvalue weighted by atomic mass is 10.2. The van der Waals surface area contributed by atoms with Crippen LogP contribution in [0, 0.1) is 5.82 Å². The third kappa shape index (κ3) is 1.88. The second kappa shape index (κ2) is 4.64. The number of phenolic OH excluding ortho intramolecular Hbond substituents is 1. The summed E-state index contributed by atoms with van der Waals surface area (Å²) in [5.74, 6) is -1.49. The molecule has 2 aromatic carbocycles. The summed E-state index contributed by atoms with van der Waals surface area (Å²) in [4.78, 5) is 16.5. The Kier molecular flexibility index (Phi) is 2.74. The third-order valence-electron chi connectivity index (χ3n) is 3.35. The molecule has 0 amide bonds. The van der Waals surface area contributed by atoms with E-state index in [1.807, 2.05) is 24.3 Å². The predicted molar refractivity (Wildman–Crippen MR) is 82.7 cm³/mol. The Morgan fingerprint density at radius 1 is 1.18 bits per heavy atom. The van der Waals surface area contributed by atoms with Gasteiger partial charge in [-0.15, -0.1) is 11.3 Å². The fourth-order valence-electron chi connectivity index (χ4n) is 2.28. The lowest BCUT2D eigenvalue weighted by molar-refractivity contribution is 0.425. The highest BCUT2D eigenvalue weighted by Gasteiger charge is 2.16. The number of hydrogen-bond acceptors (Lipinski definition) is 5. The lowest BCUT2D eigenvalue weighted by Gasteiger charge is -2.01. The molecule has 108 valence electrons. The molecule has 6 heteroatoms. The maximum absolute atomic E-state index is 13.8. The minimum atomic E-state index is -0.939. The van der Waals surface area contributed by atoms with Gasteiger partial charge in [-0.3, -0.25) is 0 Å². The van der Waals surface area contributed by atoms with Gasteiger partial charge in [-0.05, 0) is 30.3 Å². The number of rotatable bonds is 1. The fraction of sp³-hybridized carbons (Fsp3) is 0. The van der Waals surface area contributed by atoms with Gasteiger partial charge in [-0.25, -0.2) is 9.78 Å². The molecule has 0 radical (unpaired) electrons. The van der Waals surface area contributed by atoms with Crippen molar-refractivity contribution in [1.82, 2.24) is 4.98 Å². The Balaban J connectivity index is 2.00. The van der Waals surface area contributed by atoms with Gasteiger partial charge in [0.05, 0.1) is 15.8 Å². The number of fused-ring (bicyclic) bond motifs is 2. The van der Waals surface area contributed by atoms with E-state index in [0.29, 0.717) is 10.4 Å². The van der Waals surface area contributed by atoms with E-state index in [-0.39, 0.29) is 11.1 Å². The molecule has 0 aliphatic heterocycles. The first-order chi connectivity index (χ1) is 10.6. The molecule has 2 heterocycles. The highest BCUT2D eigenvalue weighted by Crippen LogP contribution is 2.31. The van der Waals surface area contributed by atoms with Crippen LogP contribution in [0.1, 0.15) is 0 Å². The van der Waals surface area contributed by atoms with Gasteiger partial charge >= 0.3 is 5.63 Å². The van der Waals surface area contributed by atoms with Gasteiger partial charge < -0.3 is 9.52 Å². The summed E-state index contributed by atoms with van der Waals surface area (Å²) in [7, 11) is 0. The van der Waals surface area contributed by atoms with Crippen molar-refractivity contribution in [3.05, 3.63) is 58.7 Å². The van der Waals surface area contributed by atoms with Crippen LogP contribution in [0.4, 0.5) is 4.39 Å². The summed E-state index contributed by atoms with van der Waals surface area (Å²) in [6, 6.07) is 11.8. The quantitative estimate of drug-likeness (QED) is 0.541. The Bertz CT molecular complexity index is 1050. The molecule has 0 saturated carbocycles. The second-order valence-electron chi connectivity index (χ2n) is 4.75. The minimum absolute atomic E-state index is 0.255. The normalized spacial score (nSPS) is 11.3. The number of nitrogens with zero attached hydrogens (tertiary/aromatic N) is 1. The molecular weight excluding hydrogens is 305 g/mol. The average Bonchev–Trinajstić information content (AvgIpc) is 2.95. The Hall–Kier alpha value is -2.73. The summed E-state index contributed by atoms with van der Waals surface area (Å²) >= 11 is 1.37. The fourth-order valence-corrected chi connectivity index (χ4v) is 3.25. The largest absolute Gasteiger partial charge is 0.505 e. The van der Waals surface area contributed by atoms with Gasteiger partial charge in [0, 0.05) is 5.39 Å². The number of aromatic nitrogens is 1. The number of para-hydroxylation sites is 1. The molecule has 22 heavy (non-hydrogen) atoms. The Labute approximate surface area is 127 Å². The van der Waals surface area contributed by atoms with Crippen molar-refractivity contribution in [2.45, 2.75) is 0 Å². The molecule has 0 saturated heterocycles. The number of hydrogen-bond donors (Lipinski definition) is 1. The van der Waals surface area contributed by atoms with E-state index < -0.39 is 17.2 Å². The van der Waals surface area contributed by atoms with Gasteiger partial charge in [0.2, 0.25) is 5.82 Å². The summed E-state index contributed by atoms with van der Waals surface area (Å²) in [6.45, 7) is 0. The van der Waals surface area contributed by atoms with E-state index in [0.717, 1.165) is 10.2 Å². The molecule has 0 bridgehead atoms. The zero-order valence-corrected chi connectivity index (χ0v) is 11.9. The zero-order valence-electron chi connectivity index (χ0n) is 11.0. The topological polar surface area (TPSA) is 63.3 Å². The number of aromatic hydroxyl groups is 1. The average molecular weight is 313 g/mol. The smallest absolute Gasteiger partial charge is 0.346 e. The van der Waals surface area contributed by atoms with Gasteiger partial charge in [0.25, 0.3) is 0 Å².